The van der Waals surface area contributed by atoms with Crippen LogP contribution < -0.4 is 0 Å². The van der Waals surface area contributed by atoms with Crippen molar-refractivity contribution in [3.05, 3.63) is 11.6 Å². The molecule has 1 aliphatic carbocycles. The van der Waals surface area contributed by atoms with Gasteiger partial charge in [-0.05, 0) is 32.6 Å². The Morgan fingerprint density at radius 3 is 2.46 bits per heavy atom. The van der Waals surface area contributed by atoms with E-state index in [-0.39, 0.29) is 5.97 Å². The molecule has 2 heteroatoms. The van der Waals surface area contributed by atoms with E-state index in [1.807, 2.05) is 6.92 Å². The molecule has 0 radical (unpaired) electrons. The molecule has 1 saturated carbocycles. The third kappa shape index (κ3) is 4.11. The lowest BCUT2D eigenvalue weighted by molar-refractivity contribution is -0.137. The average Bonchev–Trinajstić information content (AvgIpc) is 2.33. The highest BCUT2D eigenvalue weighted by molar-refractivity contribution is 5.82. The fourth-order valence-corrected chi connectivity index (χ4v) is 1.68. The van der Waals surface area contributed by atoms with Gasteiger partial charge in [-0.15, -0.1) is 0 Å². The molecular formula is C11H18O2. The van der Waals surface area contributed by atoms with E-state index in [1.165, 1.54) is 31.3 Å². The van der Waals surface area contributed by atoms with Crippen LogP contribution in [-0.4, -0.2) is 12.6 Å². The van der Waals surface area contributed by atoms with Crippen LogP contribution in [0.4, 0.5) is 0 Å². The predicted molar refractivity (Wildman–Crippen MR) is 52.4 cm³/mol. The van der Waals surface area contributed by atoms with Crippen molar-refractivity contribution in [1.82, 2.24) is 0 Å². The summed E-state index contributed by atoms with van der Waals surface area (Å²) >= 11 is 0. The zero-order chi connectivity index (χ0) is 9.52. The van der Waals surface area contributed by atoms with Gasteiger partial charge in [-0.1, -0.05) is 18.4 Å². The summed E-state index contributed by atoms with van der Waals surface area (Å²) in [5.74, 6) is -0.167. The van der Waals surface area contributed by atoms with Crippen LogP contribution in [0.2, 0.25) is 0 Å². The van der Waals surface area contributed by atoms with Crippen molar-refractivity contribution in [3.63, 3.8) is 0 Å². The molecule has 74 valence electrons. The Morgan fingerprint density at radius 2 is 1.92 bits per heavy atom. The van der Waals surface area contributed by atoms with E-state index >= 15 is 0 Å². The van der Waals surface area contributed by atoms with Crippen LogP contribution in [0.25, 0.3) is 0 Å². The molecule has 0 atom stereocenters. The lowest BCUT2D eigenvalue weighted by Gasteiger charge is -2.01. The maximum absolute atomic E-state index is 11.1. The van der Waals surface area contributed by atoms with Gasteiger partial charge in [-0.3, -0.25) is 0 Å². The van der Waals surface area contributed by atoms with Crippen molar-refractivity contribution in [1.29, 1.82) is 0 Å². The van der Waals surface area contributed by atoms with Gasteiger partial charge in [0.1, 0.15) is 0 Å². The molecule has 1 aliphatic rings. The van der Waals surface area contributed by atoms with E-state index < -0.39 is 0 Å². The summed E-state index contributed by atoms with van der Waals surface area (Å²) in [5, 5.41) is 0. The zero-order valence-corrected chi connectivity index (χ0v) is 8.34. The Bertz CT molecular complexity index is 184. The number of hydrogen-bond acceptors (Lipinski definition) is 2. The Labute approximate surface area is 80.0 Å². The average molecular weight is 182 g/mol. The van der Waals surface area contributed by atoms with Gasteiger partial charge in [0, 0.05) is 6.08 Å². The highest BCUT2D eigenvalue weighted by atomic mass is 16.5. The number of allylic oxidation sites excluding steroid dienone is 1. The van der Waals surface area contributed by atoms with Crippen LogP contribution in [0.5, 0.6) is 0 Å². The van der Waals surface area contributed by atoms with E-state index in [0.717, 1.165) is 12.8 Å². The summed E-state index contributed by atoms with van der Waals surface area (Å²) in [6, 6.07) is 0. The molecule has 0 N–H and O–H groups in total. The lowest BCUT2D eigenvalue weighted by atomic mass is 10.1. The fraction of sp³-hybridized carbons (Fsp3) is 0.727. The molecule has 0 heterocycles. The topological polar surface area (TPSA) is 26.3 Å². The molecule has 2 nitrogen and oxygen atoms in total. The maximum Gasteiger partial charge on any atom is 0.330 e. The van der Waals surface area contributed by atoms with E-state index in [1.54, 1.807) is 6.08 Å². The van der Waals surface area contributed by atoms with Crippen LogP contribution in [-0.2, 0) is 9.53 Å². The molecule has 0 spiro atoms. The SMILES string of the molecule is CCOC(=O)C=C1CCCCCC1. The minimum Gasteiger partial charge on any atom is -0.463 e. The number of carbonyl (C=O) groups is 1. The van der Waals surface area contributed by atoms with Crippen molar-refractivity contribution in [2.75, 3.05) is 6.61 Å². The van der Waals surface area contributed by atoms with Crippen LogP contribution in [0.3, 0.4) is 0 Å². The standard InChI is InChI=1S/C11H18O2/c1-2-13-11(12)9-10-7-5-3-4-6-8-10/h9H,2-8H2,1H3. The molecule has 1 rings (SSSR count). The lowest BCUT2D eigenvalue weighted by Crippen LogP contribution is -2.01. The van der Waals surface area contributed by atoms with Crippen molar-refractivity contribution < 1.29 is 9.53 Å². The third-order valence-corrected chi connectivity index (χ3v) is 2.35. The zero-order valence-electron chi connectivity index (χ0n) is 8.34. The molecule has 1 fully saturated rings. The second-order valence-corrected chi connectivity index (χ2v) is 3.47. The fourth-order valence-electron chi connectivity index (χ4n) is 1.68. The number of esters is 1. The van der Waals surface area contributed by atoms with Crippen LogP contribution >= 0.6 is 0 Å². The molecule has 0 saturated heterocycles. The molecular weight excluding hydrogens is 164 g/mol. The Morgan fingerprint density at radius 1 is 1.31 bits per heavy atom. The van der Waals surface area contributed by atoms with Gasteiger partial charge in [0.25, 0.3) is 0 Å². The first kappa shape index (κ1) is 10.3. The summed E-state index contributed by atoms with van der Waals surface area (Å²) < 4.78 is 4.87. The van der Waals surface area contributed by atoms with E-state index in [2.05, 4.69) is 0 Å². The van der Waals surface area contributed by atoms with E-state index in [4.69, 9.17) is 4.74 Å². The van der Waals surface area contributed by atoms with Gasteiger partial charge >= 0.3 is 5.97 Å². The molecule has 0 aromatic carbocycles. The van der Waals surface area contributed by atoms with E-state index in [0.29, 0.717) is 6.61 Å². The molecule has 0 aromatic rings. The molecule has 0 unspecified atom stereocenters. The number of ether oxygens (including phenoxy) is 1. The first-order valence-corrected chi connectivity index (χ1v) is 5.19. The predicted octanol–water partition coefficient (Wildman–Crippen LogP) is 2.83. The van der Waals surface area contributed by atoms with Gasteiger partial charge in [0.2, 0.25) is 0 Å². The summed E-state index contributed by atoms with van der Waals surface area (Å²) in [6.07, 6.45) is 8.92. The second-order valence-electron chi connectivity index (χ2n) is 3.47. The Hall–Kier alpha value is -0.790. The number of rotatable bonds is 2. The van der Waals surface area contributed by atoms with Gasteiger partial charge in [-0.2, -0.15) is 0 Å². The molecule has 0 aromatic heterocycles. The quantitative estimate of drug-likeness (QED) is 0.373. The summed E-state index contributed by atoms with van der Waals surface area (Å²) in [4.78, 5) is 11.1. The molecule has 0 aliphatic heterocycles. The summed E-state index contributed by atoms with van der Waals surface area (Å²) in [7, 11) is 0. The number of carbonyl (C=O) groups excluding carboxylic acids is 1. The van der Waals surface area contributed by atoms with Gasteiger partial charge in [0.05, 0.1) is 6.61 Å². The van der Waals surface area contributed by atoms with Gasteiger partial charge in [0.15, 0.2) is 0 Å². The first-order valence-electron chi connectivity index (χ1n) is 5.19. The van der Waals surface area contributed by atoms with Gasteiger partial charge < -0.3 is 4.74 Å². The third-order valence-electron chi connectivity index (χ3n) is 2.35. The highest BCUT2D eigenvalue weighted by Gasteiger charge is 2.06. The number of hydrogen-bond donors (Lipinski definition) is 0. The Kier molecular flexibility index (Phi) is 4.58. The molecule has 0 bridgehead atoms. The highest BCUT2D eigenvalue weighted by Crippen LogP contribution is 2.21. The van der Waals surface area contributed by atoms with Crippen LogP contribution in [0, 0.1) is 0 Å². The minimum atomic E-state index is -0.167. The second kappa shape index (κ2) is 5.79. The minimum absolute atomic E-state index is 0.167. The van der Waals surface area contributed by atoms with Crippen LogP contribution in [0.15, 0.2) is 11.6 Å². The smallest absolute Gasteiger partial charge is 0.330 e. The molecule has 13 heavy (non-hydrogen) atoms. The molecule has 0 amide bonds. The monoisotopic (exact) mass is 182 g/mol. The van der Waals surface area contributed by atoms with E-state index in [9.17, 15) is 4.79 Å². The van der Waals surface area contributed by atoms with Gasteiger partial charge in [-0.25, -0.2) is 4.79 Å². The van der Waals surface area contributed by atoms with Crippen molar-refractivity contribution in [2.45, 2.75) is 45.4 Å². The van der Waals surface area contributed by atoms with Crippen molar-refractivity contribution >= 4 is 5.97 Å². The van der Waals surface area contributed by atoms with Crippen LogP contribution in [0.1, 0.15) is 45.4 Å². The normalized spacial score (nSPS) is 17.8. The first-order chi connectivity index (χ1) is 6.33. The maximum atomic E-state index is 11.1. The Balaban J connectivity index is 2.42. The summed E-state index contributed by atoms with van der Waals surface area (Å²) in [5.41, 5.74) is 1.27. The van der Waals surface area contributed by atoms with Crippen molar-refractivity contribution in [3.8, 4) is 0 Å². The largest absolute Gasteiger partial charge is 0.463 e. The van der Waals surface area contributed by atoms with Crippen molar-refractivity contribution in [2.24, 2.45) is 0 Å². The summed E-state index contributed by atoms with van der Waals surface area (Å²) in [6.45, 7) is 2.31.